The van der Waals surface area contributed by atoms with E-state index < -0.39 is 0 Å². The molecular weight excluding hydrogens is 308 g/mol. The van der Waals surface area contributed by atoms with Crippen molar-refractivity contribution in [2.45, 2.75) is 6.92 Å². The van der Waals surface area contributed by atoms with Gasteiger partial charge in [-0.05, 0) is 6.92 Å². The lowest BCUT2D eigenvalue weighted by Crippen LogP contribution is -2.11. The number of aromatic nitrogens is 2. The van der Waals surface area contributed by atoms with Crippen molar-refractivity contribution in [3.05, 3.63) is 83.4 Å². The fraction of sp³-hybridized carbons (Fsp3) is 0.0455. The molecule has 0 fully saturated rings. The van der Waals surface area contributed by atoms with Crippen LogP contribution < -0.4 is 0 Å². The van der Waals surface area contributed by atoms with Crippen LogP contribution in [0, 0.1) is 6.92 Å². The predicted octanol–water partition coefficient (Wildman–Crippen LogP) is 4.82. The summed E-state index contributed by atoms with van der Waals surface area (Å²) in [5, 5.41) is 10.9. The van der Waals surface area contributed by atoms with E-state index in [0.717, 1.165) is 33.3 Å². The first-order valence-corrected chi connectivity index (χ1v) is 8.24. The van der Waals surface area contributed by atoms with E-state index in [0.29, 0.717) is 11.1 Å². The van der Waals surface area contributed by atoms with E-state index in [1.807, 2.05) is 54.6 Å². The molecular formula is C22H14N2O. The molecule has 1 heterocycles. The van der Waals surface area contributed by atoms with E-state index >= 15 is 0 Å². The summed E-state index contributed by atoms with van der Waals surface area (Å²) in [7, 11) is 0. The maximum atomic E-state index is 12.9. The number of carbonyl (C=O) groups is 1. The molecule has 0 bridgehead atoms. The van der Waals surface area contributed by atoms with Crippen molar-refractivity contribution in [1.29, 1.82) is 0 Å². The van der Waals surface area contributed by atoms with Crippen molar-refractivity contribution >= 4 is 16.6 Å². The third-order valence-corrected chi connectivity index (χ3v) is 4.80. The Bertz CT molecular complexity index is 1160. The van der Waals surface area contributed by atoms with Crippen LogP contribution in [0.25, 0.3) is 33.3 Å². The lowest BCUT2D eigenvalue weighted by atomic mass is 9.85. The van der Waals surface area contributed by atoms with Gasteiger partial charge in [-0.1, -0.05) is 72.3 Å². The second kappa shape index (κ2) is 5.08. The topological polar surface area (TPSA) is 42.9 Å². The van der Waals surface area contributed by atoms with Gasteiger partial charge in [-0.25, -0.2) is 0 Å². The molecule has 0 atom stereocenters. The lowest BCUT2D eigenvalue weighted by molar-refractivity contribution is 0.104. The average Bonchev–Trinajstić information content (AvgIpc) is 2.66. The number of benzene rings is 3. The first-order chi connectivity index (χ1) is 12.2. The van der Waals surface area contributed by atoms with Gasteiger partial charge in [0.25, 0.3) is 0 Å². The summed E-state index contributed by atoms with van der Waals surface area (Å²) in [5.74, 6) is 0.0524. The summed E-state index contributed by atoms with van der Waals surface area (Å²) in [5.41, 5.74) is 6.06. The van der Waals surface area contributed by atoms with Gasteiger partial charge >= 0.3 is 0 Å². The lowest BCUT2D eigenvalue weighted by Gasteiger charge is -2.19. The Morgan fingerprint density at radius 1 is 0.680 bits per heavy atom. The highest BCUT2D eigenvalue weighted by molar-refractivity contribution is 6.26. The zero-order chi connectivity index (χ0) is 17.0. The SMILES string of the molecule is Cc1ccc(-c2nnc3c4c(cccc24)C(=O)c2ccccc2-3)cc1. The molecule has 1 aliphatic carbocycles. The Balaban J connectivity index is 1.89. The van der Waals surface area contributed by atoms with Gasteiger partial charge in [0, 0.05) is 33.0 Å². The van der Waals surface area contributed by atoms with E-state index in [4.69, 9.17) is 0 Å². The smallest absolute Gasteiger partial charge is 0.194 e. The summed E-state index contributed by atoms with van der Waals surface area (Å²) in [6.45, 7) is 2.06. The Hall–Kier alpha value is -3.33. The van der Waals surface area contributed by atoms with E-state index in [-0.39, 0.29) is 5.78 Å². The molecule has 0 saturated carbocycles. The monoisotopic (exact) mass is 322 g/mol. The molecule has 118 valence electrons. The highest BCUT2D eigenvalue weighted by Crippen LogP contribution is 2.40. The number of hydrogen-bond acceptors (Lipinski definition) is 3. The normalized spacial score (nSPS) is 12.3. The number of fused-ring (bicyclic) bond motifs is 2. The quantitative estimate of drug-likeness (QED) is 0.444. The molecule has 0 aliphatic heterocycles. The molecule has 3 aromatic carbocycles. The van der Waals surface area contributed by atoms with E-state index in [9.17, 15) is 4.79 Å². The number of rotatable bonds is 1. The predicted molar refractivity (Wildman–Crippen MR) is 98.6 cm³/mol. The minimum Gasteiger partial charge on any atom is -0.289 e. The Labute approximate surface area is 145 Å². The molecule has 5 rings (SSSR count). The van der Waals surface area contributed by atoms with Crippen molar-refractivity contribution in [3.63, 3.8) is 0 Å². The van der Waals surface area contributed by atoms with Gasteiger partial charge in [-0.3, -0.25) is 4.79 Å². The zero-order valence-corrected chi connectivity index (χ0v) is 13.7. The summed E-state index contributed by atoms with van der Waals surface area (Å²) in [4.78, 5) is 12.9. The van der Waals surface area contributed by atoms with Crippen LogP contribution in [0.5, 0.6) is 0 Å². The molecule has 3 heteroatoms. The van der Waals surface area contributed by atoms with Crippen molar-refractivity contribution in [3.8, 4) is 22.5 Å². The van der Waals surface area contributed by atoms with Crippen LogP contribution in [0.4, 0.5) is 0 Å². The number of hydrogen-bond donors (Lipinski definition) is 0. The highest BCUT2D eigenvalue weighted by Gasteiger charge is 2.27. The number of ketones is 1. The minimum absolute atomic E-state index is 0.0524. The van der Waals surface area contributed by atoms with Crippen molar-refractivity contribution < 1.29 is 4.79 Å². The van der Waals surface area contributed by atoms with Crippen LogP contribution in [0.15, 0.2) is 66.7 Å². The summed E-state index contributed by atoms with van der Waals surface area (Å²) in [6.07, 6.45) is 0. The van der Waals surface area contributed by atoms with Crippen LogP contribution in [-0.4, -0.2) is 16.0 Å². The number of nitrogens with zero attached hydrogens (tertiary/aromatic N) is 2. The van der Waals surface area contributed by atoms with E-state index in [1.54, 1.807) is 0 Å². The highest BCUT2D eigenvalue weighted by atomic mass is 16.1. The minimum atomic E-state index is 0.0524. The molecule has 0 spiro atoms. The van der Waals surface area contributed by atoms with Crippen LogP contribution >= 0.6 is 0 Å². The van der Waals surface area contributed by atoms with Crippen molar-refractivity contribution in [2.75, 3.05) is 0 Å². The second-order valence-electron chi connectivity index (χ2n) is 6.37. The summed E-state index contributed by atoms with van der Waals surface area (Å²) >= 11 is 0. The number of aryl methyl sites for hydroxylation is 1. The first-order valence-electron chi connectivity index (χ1n) is 8.24. The molecule has 0 amide bonds. The molecule has 0 N–H and O–H groups in total. The fourth-order valence-corrected chi connectivity index (χ4v) is 3.54. The standard InChI is InChI=1S/C22H14N2O/c1-13-9-11-14(12-10-13)20-17-7-4-8-18-19(17)21(24-23-20)15-5-2-3-6-16(15)22(18)25/h2-12H,1H3. The van der Waals surface area contributed by atoms with Crippen molar-refractivity contribution in [1.82, 2.24) is 10.2 Å². The van der Waals surface area contributed by atoms with Crippen LogP contribution in [-0.2, 0) is 0 Å². The zero-order valence-electron chi connectivity index (χ0n) is 13.7. The second-order valence-corrected chi connectivity index (χ2v) is 6.37. The van der Waals surface area contributed by atoms with Crippen LogP contribution in [0.3, 0.4) is 0 Å². The van der Waals surface area contributed by atoms with E-state index in [1.165, 1.54) is 5.56 Å². The third-order valence-electron chi connectivity index (χ3n) is 4.80. The summed E-state index contributed by atoms with van der Waals surface area (Å²) in [6, 6.07) is 21.7. The van der Waals surface area contributed by atoms with Gasteiger partial charge < -0.3 is 0 Å². The average molecular weight is 322 g/mol. The Morgan fingerprint density at radius 3 is 2.16 bits per heavy atom. The molecule has 4 aromatic rings. The molecule has 0 radical (unpaired) electrons. The first kappa shape index (κ1) is 14.1. The van der Waals surface area contributed by atoms with Crippen LogP contribution in [0.2, 0.25) is 0 Å². The fourth-order valence-electron chi connectivity index (χ4n) is 3.54. The molecule has 1 aromatic heterocycles. The molecule has 25 heavy (non-hydrogen) atoms. The molecule has 3 nitrogen and oxygen atoms in total. The van der Waals surface area contributed by atoms with Gasteiger partial charge in [-0.15, -0.1) is 10.2 Å². The van der Waals surface area contributed by atoms with Crippen LogP contribution in [0.1, 0.15) is 21.5 Å². The summed E-state index contributed by atoms with van der Waals surface area (Å²) < 4.78 is 0. The Morgan fingerprint density at radius 2 is 1.36 bits per heavy atom. The maximum Gasteiger partial charge on any atom is 0.194 e. The van der Waals surface area contributed by atoms with E-state index in [2.05, 4.69) is 29.3 Å². The molecule has 0 unspecified atom stereocenters. The number of carbonyl (C=O) groups excluding carboxylic acids is 1. The molecule has 1 aliphatic rings. The third kappa shape index (κ3) is 1.96. The van der Waals surface area contributed by atoms with Gasteiger partial charge in [0.15, 0.2) is 5.78 Å². The van der Waals surface area contributed by atoms with Gasteiger partial charge in [0.1, 0.15) is 11.4 Å². The Kier molecular flexibility index (Phi) is 2.86. The van der Waals surface area contributed by atoms with Gasteiger partial charge in [-0.2, -0.15) is 0 Å². The van der Waals surface area contributed by atoms with Gasteiger partial charge in [0.05, 0.1) is 0 Å². The van der Waals surface area contributed by atoms with Gasteiger partial charge in [0.2, 0.25) is 0 Å². The molecule has 0 saturated heterocycles. The maximum absolute atomic E-state index is 12.9. The van der Waals surface area contributed by atoms with Crippen molar-refractivity contribution in [2.24, 2.45) is 0 Å². The largest absolute Gasteiger partial charge is 0.289 e.